The molecule has 0 aromatic heterocycles. The van der Waals surface area contributed by atoms with Crippen LogP contribution >= 0.6 is 15.9 Å². The molecule has 0 aliphatic heterocycles. The molecule has 0 radical (unpaired) electrons. The molecule has 0 saturated heterocycles. The van der Waals surface area contributed by atoms with Crippen molar-refractivity contribution >= 4 is 37.3 Å². The van der Waals surface area contributed by atoms with Gasteiger partial charge in [0.15, 0.2) is 0 Å². The summed E-state index contributed by atoms with van der Waals surface area (Å²) in [6, 6.07) is 11.7. The van der Waals surface area contributed by atoms with Crippen molar-refractivity contribution in [2.75, 3.05) is 10.5 Å². The van der Waals surface area contributed by atoms with Crippen LogP contribution in [0.2, 0.25) is 0 Å². The Hall–Kier alpha value is -1.53. The molecule has 0 aliphatic rings. The van der Waals surface area contributed by atoms with Gasteiger partial charge in [0.2, 0.25) is 0 Å². The van der Waals surface area contributed by atoms with Gasteiger partial charge in [-0.1, -0.05) is 18.2 Å². The fourth-order valence-electron chi connectivity index (χ4n) is 1.66. The van der Waals surface area contributed by atoms with Crippen molar-refractivity contribution in [3.63, 3.8) is 0 Å². The lowest BCUT2D eigenvalue weighted by Gasteiger charge is -2.11. The van der Waals surface area contributed by atoms with Crippen LogP contribution in [0, 0.1) is 6.92 Å². The van der Waals surface area contributed by atoms with Crippen molar-refractivity contribution in [2.45, 2.75) is 11.8 Å². The van der Waals surface area contributed by atoms with Crippen LogP contribution in [0.3, 0.4) is 0 Å². The third-order valence-corrected chi connectivity index (χ3v) is 4.86. The van der Waals surface area contributed by atoms with Gasteiger partial charge in [0, 0.05) is 10.2 Å². The quantitative estimate of drug-likeness (QED) is 0.843. The van der Waals surface area contributed by atoms with E-state index in [0.29, 0.717) is 21.4 Å². The number of nitrogen functional groups attached to an aromatic ring is 1. The maximum atomic E-state index is 12.3. The summed E-state index contributed by atoms with van der Waals surface area (Å²) in [5.41, 5.74) is 7.38. The first kappa shape index (κ1) is 13.9. The van der Waals surface area contributed by atoms with Crippen molar-refractivity contribution in [1.82, 2.24) is 0 Å². The molecule has 100 valence electrons. The van der Waals surface area contributed by atoms with Gasteiger partial charge in [-0.25, -0.2) is 8.42 Å². The molecule has 4 nitrogen and oxygen atoms in total. The molecular weight excluding hydrogens is 328 g/mol. The Morgan fingerprint density at radius 3 is 2.47 bits per heavy atom. The summed E-state index contributed by atoms with van der Waals surface area (Å²) in [7, 11) is -3.59. The second kappa shape index (κ2) is 5.22. The molecule has 0 heterocycles. The molecule has 0 amide bonds. The normalized spacial score (nSPS) is 11.3. The maximum absolute atomic E-state index is 12.3. The number of sulfonamides is 1. The van der Waals surface area contributed by atoms with Crippen LogP contribution in [0.15, 0.2) is 51.8 Å². The lowest BCUT2D eigenvalue weighted by Crippen LogP contribution is -2.14. The summed E-state index contributed by atoms with van der Waals surface area (Å²) in [5.74, 6) is 0. The number of hydrogen-bond acceptors (Lipinski definition) is 3. The molecular formula is C13H13BrN2O2S. The second-order valence-electron chi connectivity index (χ2n) is 4.11. The first-order valence-electron chi connectivity index (χ1n) is 5.53. The van der Waals surface area contributed by atoms with E-state index in [2.05, 4.69) is 20.7 Å². The van der Waals surface area contributed by atoms with Crippen molar-refractivity contribution in [3.05, 3.63) is 52.5 Å². The van der Waals surface area contributed by atoms with E-state index >= 15 is 0 Å². The summed E-state index contributed by atoms with van der Waals surface area (Å²) in [4.78, 5) is 0.267. The summed E-state index contributed by atoms with van der Waals surface area (Å²) in [6.07, 6.45) is 0. The first-order chi connectivity index (χ1) is 8.90. The van der Waals surface area contributed by atoms with E-state index < -0.39 is 10.0 Å². The zero-order valence-corrected chi connectivity index (χ0v) is 12.6. The largest absolute Gasteiger partial charge is 0.398 e. The van der Waals surface area contributed by atoms with Crippen LogP contribution in [0.1, 0.15) is 5.56 Å². The van der Waals surface area contributed by atoms with Gasteiger partial charge in [-0.2, -0.15) is 0 Å². The van der Waals surface area contributed by atoms with E-state index in [1.54, 1.807) is 49.4 Å². The predicted molar refractivity (Wildman–Crippen MR) is 80.5 cm³/mol. The Morgan fingerprint density at radius 1 is 1.16 bits per heavy atom. The number of nitrogens with one attached hydrogen (secondary N) is 1. The fraction of sp³-hybridized carbons (Fsp3) is 0.0769. The van der Waals surface area contributed by atoms with E-state index in [0.717, 1.165) is 0 Å². The Bertz CT molecular complexity index is 714. The van der Waals surface area contributed by atoms with Gasteiger partial charge in [0.25, 0.3) is 10.0 Å². The van der Waals surface area contributed by atoms with Crippen molar-refractivity contribution in [1.29, 1.82) is 0 Å². The molecule has 19 heavy (non-hydrogen) atoms. The highest BCUT2D eigenvalue weighted by Gasteiger charge is 2.16. The van der Waals surface area contributed by atoms with Gasteiger partial charge in [-0.05, 0) is 52.7 Å². The summed E-state index contributed by atoms with van der Waals surface area (Å²) in [5, 5.41) is 0. The molecule has 2 rings (SSSR count). The van der Waals surface area contributed by atoms with Gasteiger partial charge >= 0.3 is 0 Å². The van der Waals surface area contributed by atoms with Crippen LogP contribution in [0.25, 0.3) is 0 Å². The van der Waals surface area contributed by atoms with Crippen LogP contribution in [-0.4, -0.2) is 8.42 Å². The van der Waals surface area contributed by atoms with Gasteiger partial charge < -0.3 is 5.73 Å². The lowest BCUT2D eigenvalue weighted by molar-refractivity contribution is 0.600. The van der Waals surface area contributed by atoms with Crippen molar-refractivity contribution in [2.24, 2.45) is 0 Å². The highest BCUT2D eigenvalue weighted by molar-refractivity contribution is 9.10. The molecule has 0 atom stereocenters. The zero-order chi connectivity index (χ0) is 14.0. The average Bonchev–Trinajstić information content (AvgIpc) is 2.34. The van der Waals surface area contributed by atoms with Gasteiger partial charge in [0.1, 0.15) is 0 Å². The number of hydrogen-bond donors (Lipinski definition) is 2. The number of halogens is 1. The van der Waals surface area contributed by atoms with Crippen molar-refractivity contribution < 1.29 is 8.42 Å². The summed E-state index contributed by atoms with van der Waals surface area (Å²) < 4.78 is 27.7. The highest BCUT2D eigenvalue weighted by Crippen LogP contribution is 2.25. The molecule has 0 saturated carbocycles. The van der Waals surface area contributed by atoms with E-state index in [1.165, 1.54) is 0 Å². The Labute approximate surface area is 120 Å². The smallest absolute Gasteiger partial charge is 0.262 e. The van der Waals surface area contributed by atoms with Crippen LogP contribution in [0.5, 0.6) is 0 Å². The molecule has 0 aliphatic carbocycles. The number of anilines is 2. The van der Waals surface area contributed by atoms with Crippen LogP contribution < -0.4 is 10.5 Å². The minimum atomic E-state index is -3.59. The van der Waals surface area contributed by atoms with Crippen LogP contribution in [0.4, 0.5) is 11.4 Å². The predicted octanol–water partition coefficient (Wildman–Crippen LogP) is 3.14. The molecule has 0 spiro atoms. The molecule has 2 aromatic rings. The van der Waals surface area contributed by atoms with Gasteiger partial charge in [-0.15, -0.1) is 0 Å². The van der Waals surface area contributed by atoms with E-state index in [4.69, 9.17) is 5.73 Å². The maximum Gasteiger partial charge on any atom is 0.262 e. The minimum absolute atomic E-state index is 0.267. The molecule has 6 heteroatoms. The van der Waals surface area contributed by atoms with E-state index in [9.17, 15) is 8.42 Å². The monoisotopic (exact) mass is 340 g/mol. The first-order valence-corrected chi connectivity index (χ1v) is 7.81. The highest BCUT2D eigenvalue weighted by atomic mass is 79.9. The molecule has 0 fully saturated rings. The number of rotatable bonds is 3. The molecule has 2 aromatic carbocycles. The summed E-state index contributed by atoms with van der Waals surface area (Å²) >= 11 is 3.26. The van der Waals surface area contributed by atoms with Crippen LogP contribution in [-0.2, 0) is 10.0 Å². The third kappa shape index (κ3) is 3.08. The fourth-order valence-corrected chi connectivity index (χ4v) is 3.33. The zero-order valence-electron chi connectivity index (χ0n) is 10.2. The summed E-state index contributed by atoms with van der Waals surface area (Å²) in [6.45, 7) is 1.76. The SMILES string of the molecule is Cc1ccccc1S(=O)(=O)Nc1ccc(N)c(Br)c1. The average molecular weight is 341 g/mol. The molecule has 3 N–H and O–H groups in total. The molecule has 0 bridgehead atoms. The second-order valence-corrected chi connectivity index (χ2v) is 6.61. The Balaban J connectivity index is 2.37. The van der Waals surface area contributed by atoms with Gasteiger partial charge in [-0.3, -0.25) is 4.72 Å². The third-order valence-electron chi connectivity index (χ3n) is 2.64. The minimum Gasteiger partial charge on any atom is -0.398 e. The Kier molecular flexibility index (Phi) is 3.82. The lowest BCUT2D eigenvalue weighted by atomic mass is 10.2. The van der Waals surface area contributed by atoms with Crippen molar-refractivity contribution in [3.8, 4) is 0 Å². The van der Waals surface area contributed by atoms with Gasteiger partial charge in [0.05, 0.1) is 10.6 Å². The number of benzene rings is 2. The number of nitrogens with two attached hydrogens (primary N) is 1. The Morgan fingerprint density at radius 2 is 1.84 bits per heavy atom. The molecule has 0 unspecified atom stereocenters. The van der Waals surface area contributed by atoms with E-state index in [-0.39, 0.29) is 4.90 Å². The van der Waals surface area contributed by atoms with E-state index in [1.807, 2.05) is 0 Å². The standard InChI is InChI=1S/C13H13BrN2O2S/c1-9-4-2-3-5-13(9)19(17,18)16-10-6-7-12(15)11(14)8-10/h2-8,16H,15H2,1H3. The topological polar surface area (TPSA) is 72.2 Å². The number of aryl methyl sites for hydroxylation is 1.